The Labute approximate surface area is 250 Å². The van der Waals surface area contributed by atoms with Gasteiger partial charge in [-0.1, -0.05) is 65.5 Å². The molecule has 42 heavy (non-hydrogen) atoms. The minimum absolute atomic E-state index is 0.0791. The summed E-state index contributed by atoms with van der Waals surface area (Å²) in [6.45, 7) is 12.0. The minimum atomic E-state index is -4.69. The fourth-order valence-corrected chi connectivity index (χ4v) is 10.1. The molecule has 0 bridgehead atoms. The average molecular weight is 593 g/mol. The van der Waals surface area contributed by atoms with Gasteiger partial charge >= 0.3 is 12.0 Å². The normalized spacial score (nSPS) is 35.8. The summed E-state index contributed by atoms with van der Waals surface area (Å²) < 4.78 is 65.2. The summed E-state index contributed by atoms with van der Waals surface area (Å²) in [7, 11) is 0. The molecule has 8 atom stereocenters. The van der Waals surface area contributed by atoms with E-state index < -0.39 is 29.4 Å². The number of halogens is 4. The number of fused-ring (bicyclic) bond motifs is 5. The van der Waals surface area contributed by atoms with E-state index in [1.54, 1.807) is 0 Å². The summed E-state index contributed by atoms with van der Waals surface area (Å²) >= 11 is 0. The second kappa shape index (κ2) is 11.3. The molecule has 4 N–H and O–H groups in total. The van der Waals surface area contributed by atoms with Crippen molar-refractivity contribution in [1.29, 1.82) is 0 Å². The highest BCUT2D eigenvalue weighted by atomic mass is 19.3. The first-order valence-electron chi connectivity index (χ1n) is 16.4. The Hall–Kier alpha value is -1.76. The standard InChI is InChI=1S/C35H52F4N2O/c1-21(2)7-6-8-22(3)27-13-14-28-26-11-9-23-19-25(15-17-32(23,4)29(26)16-18-33(27,28)5)42-35(38,39)34(36,37)30-12-10-24(40)20-31(30)41/h9-10,12,20-22,25-29H,6-8,11,13-19,40-41H2,1-5H3/t22-,25+,26+,27-,28+,29+,32+,33-/m1/s1. The van der Waals surface area contributed by atoms with Gasteiger partial charge in [0, 0.05) is 11.4 Å². The summed E-state index contributed by atoms with van der Waals surface area (Å²) in [5.74, 6) is -0.463. The molecule has 4 aliphatic carbocycles. The molecule has 0 aliphatic heterocycles. The molecule has 7 heteroatoms. The summed E-state index contributed by atoms with van der Waals surface area (Å²) in [5.41, 5.74) is 11.4. The van der Waals surface area contributed by atoms with E-state index >= 15 is 17.6 Å². The predicted octanol–water partition coefficient (Wildman–Crippen LogP) is 9.96. The Morgan fingerprint density at radius 3 is 2.38 bits per heavy atom. The fourth-order valence-electron chi connectivity index (χ4n) is 10.1. The van der Waals surface area contributed by atoms with Gasteiger partial charge in [-0.25, -0.2) is 0 Å². The van der Waals surface area contributed by atoms with E-state index in [4.69, 9.17) is 16.2 Å². The van der Waals surface area contributed by atoms with Crippen LogP contribution in [0.1, 0.15) is 111 Å². The van der Waals surface area contributed by atoms with E-state index in [0.29, 0.717) is 36.0 Å². The molecule has 236 valence electrons. The maximum atomic E-state index is 15.1. The maximum absolute atomic E-state index is 15.1. The van der Waals surface area contributed by atoms with Crippen molar-refractivity contribution in [2.24, 2.45) is 46.3 Å². The van der Waals surface area contributed by atoms with Gasteiger partial charge in [0.15, 0.2) is 0 Å². The minimum Gasteiger partial charge on any atom is -0.399 e. The maximum Gasteiger partial charge on any atom is 0.424 e. The molecule has 3 nitrogen and oxygen atoms in total. The van der Waals surface area contributed by atoms with E-state index in [2.05, 4.69) is 40.7 Å². The lowest BCUT2D eigenvalue weighted by molar-refractivity contribution is -0.369. The second-order valence-corrected chi connectivity index (χ2v) is 15.2. The monoisotopic (exact) mass is 592 g/mol. The number of anilines is 2. The van der Waals surface area contributed by atoms with Crippen molar-refractivity contribution in [3.63, 3.8) is 0 Å². The Bertz CT molecular complexity index is 1170. The number of hydrogen-bond donors (Lipinski definition) is 2. The molecule has 0 radical (unpaired) electrons. The zero-order valence-corrected chi connectivity index (χ0v) is 26.2. The molecule has 4 aliphatic rings. The van der Waals surface area contributed by atoms with Crippen LogP contribution in [0.2, 0.25) is 0 Å². The SMILES string of the molecule is CC(C)CCC[C@@H](C)[C@H]1CC[C@H]2[C@@H]3CC=C4C[C@@H](OC(F)(F)C(F)(F)c5ccc(N)cc5N)CC[C@]4(C)[C@H]3CC[C@]12C. The Balaban J connectivity index is 1.27. The van der Waals surface area contributed by atoms with Gasteiger partial charge < -0.3 is 16.2 Å². The largest absolute Gasteiger partial charge is 0.424 e. The van der Waals surface area contributed by atoms with Crippen molar-refractivity contribution < 1.29 is 22.3 Å². The molecule has 0 spiro atoms. The van der Waals surface area contributed by atoms with E-state index in [1.807, 2.05) is 0 Å². The van der Waals surface area contributed by atoms with Crippen molar-refractivity contribution in [3.8, 4) is 0 Å². The average Bonchev–Trinajstić information content (AvgIpc) is 3.25. The highest BCUT2D eigenvalue weighted by molar-refractivity contribution is 5.58. The lowest BCUT2D eigenvalue weighted by Gasteiger charge is -2.58. The number of alkyl halides is 4. The van der Waals surface area contributed by atoms with E-state index in [0.717, 1.165) is 54.4 Å². The third kappa shape index (κ3) is 5.38. The molecule has 0 aromatic heterocycles. The first-order valence-corrected chi connectivity index (χ1v) is 16.4. The molecule has 1 aromatic rings. The summed E-state index contributed by atoms with van der Waals surface area (Å²) in [6, 6.07) is 3.09. The van der Waals surface area contributed by atoms with Crippen LogP contribution in [-0.2, 0) is 10.7 Å². The summed E-state index contributed by atoms with van der Waals surface area (Å²) in [6.07, 6.45) is 7.83. The van der Waals surface area contributed by atoms with Gasteiger partial charge in [0.05, 0.1) is 11.7 Å². The summed E-state index contributed by atoms with van der Waals surface area (Å²) in [4.78, 5) is 0. The van der Waals surface area contributed by atoms with Gasteiger partial charge in [-0.15, -0.1) is 0 Å². The van der Waals surface area contributed by atoms with Crippen molar-refractivity contribution >= 4 is 11.4 Å². The van der Waals surface area contributed by atoms with Crippen LogP contribution >= 0.6 is 0 Å². The second-order valence-electron chi connectivity index (χ2n) is 15.2. The highest BCUT2D eigenvalue weighted by Gasteiger charge is 2.63. The number of rotatable bonds is 9. The fraction of sp³-hybridized carbons (Fsp3) is 0.771. The number of hydrogen-bond acceptors (Lipinski definition) is 3. The molecule has 1 aromatic carbocycles. The highest BCUT2D eigenvalue weighted by Crippen LogP contribution is 2.67. The van der Waals surface area contributed by atoms with E-state index in [-0.39, 0.29) is 17.5 Å². The Morgan fingerprint density at radius 2 is 1.69 bits per heavy atom. The molecule has 3 fully saturated rings. The smallest absolute Gasteiger partial charge is 0.399 e. The molecule has 5 rings (SSSR count). The topological polar surface area (TPSA) is 61.3 Å². The van der Waals surface area contributed by atoms with Gasteiger partial charge in [-0.2, -0.15) is 17.6 Å². The van der Waals surface area contributed by atoms with Gasteiger partial charge in [0.1, 0.15) is 0 Å². The molecular formula is C35H52F4N2O. The summed E-state index contributed by atoms with van der Waals surface area (Å²) in [5, 5.41) is 0. The van der Waals surface area contributed by atoms with Crippen LogP contribution < -0.4 is 11.5 Å². The molecular weight excluding hydrogens is 540 g/mol. The molecule has 0 amide bonds. The third-order valence-corrected chi connectivity index (χ3v) is 12.4. The number of allylic oxidation sites excluding steroid dienone is 1. The lowest BCUT2D eigenvalue weighted by Crippen LogP contribution is -2.51. The Morgan fingerprint density at radius 1 is 0.952 bits per heavy atom. The molecule has 3 saturated carbocycles. The zero-order valence-electron chi connectivity index (χ0n) is 26.2. The van der Waals surface area contributed by atoms with Crippen LogP contribution in [0.25, 0.3) is 0 Å². The first kappa shape index (κ1) is 31.7. The lowest BCUT2D eigenvalue weighted by atomic mass is 9.47. The van der Waals surface area contributed by atoms with Crippen LogP contribution in [-0.4, -0.2) is 12.2 Å². The number of nitrogens with two attached hydrogens (primary N) is 2. The quantitative estimate of drug-likeness (QED) is 0.170. The number of nitrogen functional groups attached to an aromatic ring is 2. The van der Waals surface area contributed by atoms with Crippen molar-refractivity contribution in [2.45, 2.75) is 123 Å². The van der Waals surface area contributed by atoms with Gasteiger partial charge in [0.2, 0.25) is 0 Å². The molecule has 0 saturated heterocycles. The predicted molar refractivity (Wildman–Crippen MR) is 162 cm³/mol. The molecule has 0 unspecified atom stereocenters. The van der Waals surface area contributed by atoms with Crippen LogP contribution in [0.3, 0.4) is 0 Å². The van der Waals surface area contributed by atoms with Crippen LogP contribution in [0.5, 0.6) is 0 Å². The number of ether oxygens (including phenoxy) is 1. The van der Waals surface area contributed by atoms with E-state index in [9.17, 15) is 0 Å². The molecule has 0 heterocycles. The first-order chi connectivity index (χ1) is 19.6. The van der Waals surface area contributed by atoms with Crippen LogP contribution in [0.4, 0.5) is 28.9 Å². The van der Waals surface area contributed by atoms with Crippen molar-refractivity contribution in [2.75, 3.05) is 11.5 Å². The third-order valence-electron chi connectivity index (χ3n) is 12.4. The van der Waals surface area contributed by atoms with Gasteiger partial charge in [-0.05, 0) is 116 Å². The zero-order chi connectivity index (χ0) is 30.7. The van der Waals surface area contributed by atoms with Crippen LogP contribution in [0, 0.1) is 46.3 Å². The van der Waals surface area contributed by atoms with Gasteiger partial charge in [0.25, 0.3) is 0 Å². The van der Waals surface area contributed by atoms with Crippen LogP contribution in [0.15, 0.2) is 29.8 Å². The van der Waals surface area contributed by atoms with Crippen molar-refractivity contribution in [1.82, 2.24) is 0 Å². The van der Waals surface area contributed by atoms with Crippen molar-refractivity contribution in [3.05, 3.63) is 35.4 Å². The van der Waals surface area contributed by atoms with E-state index in [1.165, 1.54) is 38.5 Å². The van der Waals surface area contributed by atoms with Gasteiger partial charge in [-0.3, -0.25) is 0 Å². The number of benzene rings is 1. The Kier molecular flexibility index (Phi) is 8.52.